The average Bonchev–Trinajstić information content (AvgIpc) is 2.72. The smallest absolute Gasteiger partial charge is 0.158 e. The standard InChI is InChI=1S/C30H50O3/c1-18-9-12-23-27(3,4)25(32)13-15-29(23,7)20(18)10-11-21-19(2)22(31)17-24-28(5,6)26(33)14-16-30(21,24)8/h18,20,23-26,32-33H,9-17H2,1-8H3/t18-,20+,23+,24-,25+,26+,29-,30-/m1/s1. The number of allylic oxidation sites excluding steroid dienone is 2. The molecule has 0 aromatic carbocycles. The molecule has 4 rings (SSSR count). The fourth-order valence-electron chi connectivity index (χ4n) is 9.71. The van der Waals surface area contributed by atoms with Gasteiger partial charge in [0.05, 0.1) is 12.2 Å². The fraction of sp³-hybridized carbons (Fsp3) is 0.900. The SMILES string of the molecule is CC1=C(CC[C@H]2[C@H](C)CC[C@H]3C(C)(C)[C@@H](O)CC[C@]23C)[C@@]2(C)CC[C@H](O)C(C)(C)[C@H]2CC1=O. The third-order valence-corrected chi connectivity index (χ3v) is 12.1. The molecule has 0 aromatic heterocycles. The van der Waals surface area contributed by atoms with E-state index in [-0.39, 0.29) is 39.8 Å². The third kappa shape index (κ3) is 3.70. The molecule has 0 aliphatic heterocycles. The molecule has 4 aliphatic carbocycles. The van der Waals surface area contributed by atoms with Crippen molar-refractivity contribution in [1.29, 1.82) is 0 Å². The largest absolute Gasteiger partial charge is 0.393 e. The first-order valence-electron chi connectivity index (χ1n) is 13.8. The van der Waals surface area contributed by atoms with Crippen LogP contribution in [0.1, 0.15) is 113 Å². The van der Waals surface area contributed by atoms with E-state index in [4.69, 9.17) is 0 Å². The first-order chi connectivity index (χ1) is 15.2. The maximum absolute atomic E-state index is 13.2. The number of carbonyl (C=O) groups excluding carboxylic acids is 1. The predicted molar refractivity (Wildman–Crippen MR) is 135 cm³/mol. The van der Waals surface area contributed by atoms with Crippen LogP contribution >= 0.6 is 0 Å². The second-order valence-electron chi connectivity index (χ2n) is 14.2. The van der Waals surface area contributed by atoms with Gasteiger partial charge in [-0.15, -0.1) is 0 Å². The van der Waals surface area contributed by atoms with Gasteiger partial charge in [0.25, 0.3) is 0 Å². The van der Waals surface area contributed by atoms with Gasteiger partial charge in [0, 0.05) is 6.42 Å². The van der Waals surface area contributed by atoms with Gasteiger partial charge in [-0.05, 0) is 103 Å². The zero-order valence-electron chi connectivity index (χ0n) is 22.6. The van der Waals surface area contributed by atoms with Crippen LogP contribution in [-0.4, -0.2) is 28.2 Å². The monoisotopic (exact) mass is 458 g/mol. The summed E-state index contributed by atoms with van der Waals surface area (Å²) in [6.07, 6.45) is 8.55. The van der Waals surface area contributed by atoms with Gasteiger partial charge in [0.1, 0.15) is 0 Å². The molecule has 4 aliphatic rings. The van der Waals surface area contributed by atoms with Crippen LogP contribution in [-0.2, 0) is 4.79 Å². The molecule has 0 spiro atoms. The van der Waals surface area contributed by atoms with Gasteiger partial charge in [-0.2, -0.15) is 0 Å². The Morgan fingerprint density at radius 1 is 0.848 bits per heavy atom. The van der Waals surface area contributed by atoms with E-state index in [0.29, 0.717) is 30.0 Å². The second kappa shape index (κ2) is 8.19. The summed E-state index contributed by atoms with van der Waals surface area (Å²) in [4.78, 5) is 13.2. The molecular formula is C30H50O3. The second-order valence-corrected chi connectivity index (χ2v) is 14.2. The highest BCUT2D eigenvalue weighted by atomic mass is 16.3. The van der Waals surface area contributed by atoms with Crippen LogP contribution in [0.15, 0.2) is 11.1 Å². The van der Waals surface area contributed by atoms with Gasteiger partial charge in [-0.1, -0.05) is 60.5 Å². The van der Waals surface area contributed by atoms with Crippen molar-refractivity contribution in [2.45, 2.75) is 125 Å². The van der Waals surface area contributed by atoms with E-state index in [1.54, 1.807) is 0 Å². The van der Waals surface area contributed by atoms with E-state index >= 15 is 0 Å². The molecule has 3 saturated carbocycles. The Hall–Kier alpha value is -0.670. The van der Waals surface area contributed by atoms with Crippen LogP contribution in [0.3, 0.4) is 0 Å². The highest BCUT2D eigenvalue weighted by molar-refractivity contribution is 5.97. The van der Waals surface area contributed by atoms with Crippen molar-refractivity contribution in [3.63, 3.8) is 0 Å². The number of rotatable bonds is 3. The molecule has 33 heavy (non-hydrogen) atoms. The van der Waals surface area contributed by atoms with E-state index < -0.39 is 0 Å². The molecule has 0 amide bonds. The molecule has 8 atom stereocenters. The Kier molecular flexibility index (Phi) is 6.31. The summed E-state index contributed by atoms with van der Waals surface area (Å²) in [5.74, 6) is 2.40. The van der Waals surface area contributed by atoms with Gasteiger partial charge < -0.3 is 10.2 Å². The number of fused-ring (bicyclic) bond motifs is 2. The molecule has 3 heteroatoms. The minimum atomic E-state index is -0.322. The Morgan fingerprint density at radius 3 is 2.06 bits per heavy atom. The average molecular weight is 459 g/mol. The Labute approximate surface area is 202 Å². The fourth-order valence-corrected chi connectivity index (χ4v) is 9.71. The zero-order chi connectivity index (χ0) is 24.6. The predicted octanol–water partition coefficient (Wildman–Crippen LogP) is 6.71. The van der Waals surface area contributed by atoms with Gasteiger partial charge in [-0.25, -0.2) is 0 Å². The van der Waals surface area contributed by atoms with Crippen molar-refractivity contribution in [1.82, 2.24) is 0 Å². The molecule has 188 valence electrons. The molecule has 3 nitrogen and oxygen atoms in total. The molecule has 3 fully saturated rings. The number of hydrogen-bond donors (Lipinski definition) is 2. The maximum Gasteiger partial charge on any atom is 0.158 e. The van der Waals surface area contributed by atoms with Gasteiger partial charge in [-0.3, -0.25) is 4.79 Å². The van der Waals surface area contributed by atoms with E-state index in [1.807, 2.05) is 0 Å². The van der Waals surface area contributed by atoms with E-state index in [9.17, 15) is 15.0 Å². The van der Waals surface area contributed by atoms with Gasteiger partial charge >= 0.3 is 0 Å². The van der Waals surface area contributed by atoms with Crippen LogP contribution in [0.25, 0.3) is 0 Å². The Balaban J connectivity index is 1.63. The van der Waals surface area contributed by atoms with Crippen LogP contribution in [0.4, 0.5) is 0 Å². The molecular weight excluding hydrogens is 408 g/mol. The van der Waals surface area contributed by atoms with E-state index in [2.05, 4.69) is 55.4 Å². The summed E-state index contributed by atoms with van der Waals surface area (Å²) in [5, 5.41) is 21.6. The number of Topliss-reactive ketones (excluding diaryl/α,β-unsaturated/α-hetero) is 1. The summed E-state index contributed by atoms with van der Waals surface area (Å²) in [6, 6.07) is 0. The summed E-state index contributed by atoms with van der Waals surface area (Å²) < 4.78 is 0. The summed E-state index contributed by atoms with van der Waals surface area (Å²) in [7, 11) is 0. The first-order valence-corrected chi connectivity index (χ1v) is 13.8. The van der Waals surface area contributed by atoms with Crippen LogP contribution < -0.4 is 0 Å². The highest BCUT2D eigenvalue weighted by Gasteiger charge is 2.58. The van der Waals surface area contributed by atoms with Crippen molar-refractivity contribution in [2.75, 3.05) is 0 Å². The van der Waals surface area contributed by atoms with Crippen molar-refractivity contribution in [3.05, 3.63) is 11.1 Å². The molecule has 0 saturated heterocycles. The lowest BCUT2D eigenvalue weighted by Crippen LogP contribution is -2.56. The van der Waals surface area contributed by atoms with E-state index in [1.165, 1.54) is 18.4 Å². The Bertz CT molecular complexity index is 822. The van der Waals surface area contributed by atoms with Gasteiger partial charge in [0.2, 0.25) is 0 Å². The number of carbonyl (C=O) groups is 1. The normalized spacial score (nSPS) is 47.2. The Morgan fingerprint density at radius 2 is 1.42 bits per heavy atom. The molecule has 0 unspecified atom stereocenters. The lowest BCUT2D eigenvalue weighted by atomic mass is 9.45. The van der Waals surface area contributed by atoms with Crippen LogP contribution in [0.2, 0.25) is 0 Å². The van der Waals surface area contributed by atoms with Crippen molar-refractivity contribution >= 4 is 5.78 Å². The minimum absolute atomic E-state index is 0.0148. The molecule has 2 N–H and O–H groups in total. The van der Waals surface area contributed by atoms with E-state index in [0.717, 1.165) is 44.1 Å². The van der Waals surface area contributed by atoms with Gasteiger partial charge in [0.15, 0.2) is 5.78 Å². The lowest BCUT2D eigenvalue weighted by Gasteiger charge is -2.61. The minimum Gasteiger partial charge on any atom is -0.393 e. The van der Waals surface area contributed by atoms with Crippen LogP contribution in [0.5, 0.6) is 0 Å². The molecule has 0 bridgehead atoms. The summed E-state index contributed by atoms with van der Waals surface area (Å²) in [6.45, 7) is 18.4. The first kappa shape index (κ1) is 25.4. The van der Waals surface area contributed by atoms with Crippen molar-refractivity contribution < 1.29 is 15.0 Å². The van der Waals surface area contributed by atoms with Crippen molar-refractivity contribution in [2.24, 2.45) is 45.3 Å². The highest BCUT2D eigenvalue weighted by Crippen LogP contribution is 2.64. The molecule has 0 aromatic rings. The number of aliphatic hydroxyl groups is 2. The quantitative estimate of drug-likeness (QED) is 0.494. The number of aliphatic hydroxyl groups excluding tert-OH is 2. The lowest BCUT2D eigenvalue weighted by molar-refractivity contribution is -0.150. The van der Waals surface area contributed by atoms with Crippen molar-refractivity contribution in [3.8, 4) is 0 Å². The number of hydrogen-bond acceptors (Lipinski definition) is 3. The zero-order valence-corrected chi connectivity index (χ0v) is 22.6. The molecule has 0 radical (unpaired) electrons. The van der Waals surface area contributed by atoms with Crippen LogP contribution in [0, 0.1) is 45.3 Å². The third-order valence-electron chi connectivity index (χ3n) is 12.1. The summed E-state index contributed by atoms with van der Waals surface area (Å²) in [5.41, 5.74) is 2.44. The topological polar surface area (TPSA) is 57.5 Å². The number of ketones is 1. The summed E-state index contributed by atoms with van der Waals surface area (Å²) >= 11 is 0. The maximum atomic E-state index is 13.2. The molecule has 0 heterocycles.